The standard InChI is InChI=1S/C14H10ClN3O2/c1-8-6-10(15)7-12-13(8)17-14(16-12)9-2-4-11(5-3-9)18(19)20/h2-7H,1H3,(H,16,17). The van der Waals surface area contributed by atoms with Crippen LogP contribution in [0.3, 0.4) is 0 Å². The second-order valence-corrected chi connectivity index (χ2v) is 4.94. The number of aryl methyl sites for hydroxylation is 1. The van der Waals surface area contributed by atoms with E-state index in [-0.39, 0.29) is 5.69 Å². The monoisotopic (exact) mass is 287 g/mol. The van der Waals surface area contributed by atoms with Gasteiger partial charge in [-0.15, -0.1) is 0 Å². The van der Waals surface area contributed by atoms with Crippen LogP contribution in [0.5, 0.6) is 0 Å². The van der Waals surface area contributed by atoms with E-state index < -0.39 is 4.92 Å². The van der Waals surface area contributed by atoms with Gasteiger partial charge in [0.25, 0.3) is 5.69 Å². The number of nitrogens with zero attached hydrogens (tertiary/aromatic N) is 2. The van der Waals surface area contributed by atoms with Crippen LogP contribution in [0.4, 0.5) is 5.69 Å². The molecule has 0 aliphatic carbocycles. The molecule has 1 heterocycles. The highest BCUT2D eigenvalue weighted by molar-refractivity contribution is 6.31. The fourth-order valence-corrected chi connectivity index (χ4v) is 2.40. The smallest absolute Gasteiger partial charge is 0.269 e. The Hall–Kier alpha value is -2.40. The lowest BCUT2D eigenvalue weighted by Crippen LogP contribution is -1.87. The van der Waals surface area contributed by atoms with Crippen LogP contribution in [-0.2, 0) is 0 Å². The quantitative estimate of drug-likeness (QED) is 0.570. The van der Waals surface area contributed by atoms with Gasteiger partial charge in [-0.1, -0.05) is 11.6 Å². The largest absolute Gasteiger partial charge is 0.338 e. The molecule has 1 N–H and O–H groups in total. The first kappa shape index (κ1) is 12.6. The van der Waals surface area contributed by atoms with E-state index in [1.54, 1.807) is 12.1 Å². The summed E-state index contributed by atoms with van der Waals surface area (Å²) in [6, 6.07) is 9.93. The van der Waals surface area contributed by atoms with Gasteiger partial charge in [0.2, 0.25) is 0 Å². The second-order valence-electron chi connectivity index (χ2n) is 4.51. The first-order valence-electron chi connectivity index (χ1n) is 5.95. The van der Waals surface area contributed by atoms with Crippen molar-refractivity contribution in [1.29, 1.82) is 0 Å². The van der Waals surface area contributed by atoms with E-state index in [4.69, 9.17) is 11.6 Å². The number of benzene rings is 2. The molecular weight excluding hydrogens is 278 g/mol. The molecule has 6 heteroatoms. The van der Waals surface area contributed by atoms with E-state index in [2.05, 4.69) is 9.97 Å². The van der Waals surface area contributed by atoms with Crippen molar-refractivity contribution in [3.05, 3.63) is 57.1 Å². The summed E-state index contributed by atoms with van der Waals surface area (Å²) in [6.07, 6.45) is 0. The van der Waals surface area contributed by atoms with Gasteiger partial charge in [0.1, 0.15) is 5.82 Å². The maximum atomic E-state index is 10.6. The molecule has 0 spiro atoms. The van der Waals surface area contributed by atoms with Gasteiger partial charge in [-0.25, -0.2) is 4.98 Å². The lowest BCUT2D eigenvalue weighted by Gasteiger charge is -1.95. The number of aromatic amines is 1. The molecule has 0 atom stereocenters. The zero-order valence-electron chi connectivity index (χ0n) is 10.6. The molecule has 0 aliphatic heterocycles. The van der Waals surface area contributed by atoms with Gasteiger partial charge in [0, 0.05) is 22.7 Å². The van der Waals surface area contributed by atoms with Crippen LogP contribution in [-0.4, -0.2) is 14.9 Å². The van der Waals surface area contributed by atoms with Crippen LogP contribution >= 0.6 is 11.6 Å². The number of aromatic nitrogens is 2. The number of nitrogens with one attached hydrogen (secondary N) is 1. The Bertz CT molecular complexity index is 809. The fourth-order valence-electron chi connectivity index (χ4n) is 2.12. The normalized spacial score (nSPS) is 10.9. The number of non-ortho nitro benzene ring substituents is 1. The minimum atomic E-state index is -0.424. The summed E-state index contributed by atoms with van der Waals surface area (Å²) >= 11 is 6.01. The van der Waals surface area contributed by atoms with Crippen LogP contribution in [0.25, 0.3) is 22.4 Å². The van der Waals surface area contributed by atoms with Crippen LogP contribution in [0, 0.1) is 17.0 Å². The summed E-state index contributed by atoms with van der Waals surface area (Å²) in [5, 5.41) is 11.3. The van der Waals surface area contributed by atoms with Crippen molar-refractivity contribution in [2.75, 3.05) is 0 Å². The van der Waals surface area contributed by atoms with E-state index >= 15 is 0 Å². The van der Waals surface area contributed by atoms with Crippen molar-refractivity contribution in [1.82, 2.24) is 9.97 Å². The minimum Gasteiger partial charge on any atom is -0.338 e. The van der Waals surface area contributed by atoms with Crippen molar-refractivity contribution in [3.8, 4) is 11.4 Å². The van der Waals surface area contributed by atoms with Crippen LogP contribution in [0.1, 0.15) is 5.56 Å². The van der Waals surface area contributed by atoms with Crippen LogP contribution in [0.15, 0.2) is 36.4 Å². The van der Waals surface area contributed by atoms with Crippen molar-refractivity contribution < 1.29 is 4.92 Å². The summed E-state index contributed by atoms with van der Waals surface area (Å²) in [7, 11) is 0. The molecule has 1 aromatic heterocycles. The van der Waals surface area contributed by atoms with E-state index in [1.807, 2.05) is 19.1 Å². The zero-order chi connectivity index (χ0) is 14.3. The van der Waals surface area contributed by atoms with Gasteiger partial charge in [-0.3, -0.25) is 10.1 Å². The maximum Gasteiger partial charge on any atom is 0.269 e. The molecule has 0 saturated carbocycles. The molecule has 0 radical (unpaired) electrons. The summed E-state index contributed by atoms with van der Waals surface area (Å²) in [5.74, 6) is 0.667. The van der Waals surface area contributed by atoms with Gasteiger partial charge < -0.3 is 4.98 Å². The van der Waals surface area contributed by atoms with Crippen molar-refractivity contribution in [2.45, 2.75) is 6.92 Å². The Morgan fingerprint density at radius 3 is 2.60 bits per heavy atom. The highest BCUT2D eigenvalue weighted by Crippen LogP contribution is 2.26. The summed E-state index contributed by atoms with van der Waals surface area (Å²) in [6.45, 7) is 1.94. The number of halogens is 1. The van der Waals surface area contributed by atoms with Gasteiger partial charge in [-0.2, -0.15) is 0 Å². The molecule has 0 bridgehead atoms. The third-order valence-corrected chi connectivity index (χ3v) is 3.31. The van der Waals surface area contributed by atoms with E-state index in [0.717, 1.165) is 22.2 Å². The highest BCUT2D eigenvalue weighted by Gasteiger charge is 2.10. The third-order valence-electron chi connectivity index (χ3n) is 3.09. The molecule has 0 aliphatic rings. The Balaban J connectivity index is 2.10. The zero-order valence-corrected chi connectivity index (χ0v) is 11.3. The van der Waals surface area contributed by atoms with Gasteiger partial charge in [0.15, 0.2) is 0 Å². The molecule has 0 fully saturated rings. The number of hydrogen-bond donors (Lipinski definition) is 1. The van der Waals surface area contributed by atoms with Gasteiger partial charge in [0.05, 0.1) is 16.0 Å². The first-order chi connectivity index (χ1) is 9.54. The van der Waals surface area contributed by atoms with Crippen molar-refractivity contribution in [3.63, 3.8) is 0 Å². The number of rotatable bonds is 2. The Morgan fingerprint density at radius 2 is 1.95 bits per heavy atom. The summed E-state index contributed by atoms with van der Waals surface area (Å²) in [5.41, 5.74) is 3.54. The highest BCUT2D eigenvalue weighted by atomic mass is 35.5. The van der Waals surface area contributed by atoms with Crippen molar-refractivity contribution in [2.24, 2.45) is 0 Å². The summed E-state index contributed by atoms with van der Waals surface area (Å²) < 4.78 is 0. The average molecular weight is 288 g/mol. The number of fused-ring (bicyclic) bond motifs is 1. The molecule has 0 saturated heterocycles. The number of nitro benzene ring substituents is 1. The lowest BCUT2D eigenvalue weighted by molar-refractivity contribution is -0.384. The van der Waals surface area contributed by atoms with Crippen LogP contribution < -0.4 is 0 Å². The van der Waals surface area contributed by atoms with E-state index in [9.17, 15) is 10.1 Å². The average Bonchev–Trinajstić information content (AvgIpc) is 2.83. The first-order valence-corrected chi connectivity index (χ1v) is 6.33. The number of H-pyrrole nitrogens is 1. The van der Waals surface area contributed by atoms with Gasteiger partial charge in [-0.05, 0) is 36.8 Å². The maximum absolute atomic E-state index is 10.6. The third kappa shape index (κ3) is 2.12. The van der Waals surface area contributed by atoms with Crippen LogP contribution in [0.2, 0.25) is 5.02 Å². The SMILES string of the molecule is Cc1cc(Cl)cc2[nH]c(-c3ccc([N+](=O)[O-])cc3)nc12. The fraction of sp³-hybridized carbons (Fsp3) is 0.0714. The molecular formula is C14H10ClN3O2. The van der Waals surface area contributed by atoms with Crippen molar-refractivity contribution >= 4 is 28.3 Å². The summed E-state index contributed by atoms with van der Waals surface area (Å²) in [4.78, 5) is 17.9. The molecule has 3 rings (SSSR count). The Labute approximate surface area is 119 Å². The molecule has 0 unspecified atom stereocenters. The molecule has 2 aromatic carbocycles. The molecule has 3 aromatic rings. The molecule has 100 valence electrons. The predicted molar refractivity (Wildman–Crippen MR) is 77.9 cm³/mol. The lowest BCUT2D eigenvalue weighted by atomic mass is 10.2. The molecule has 5 nitrogen and oxygen atoms in total. The molecule has 0 amide bonds. The van der Waals surface area contributed by atoms with E-state index in [0.29, 0.717) is 10.8 Å². The second kappa shape index (κ2) is 4.61. The Kier molecular flexibility index (Phi) is 2.91. The molecule has 20 heavy (non-hydrogen) atoms. The minimum absolute atomic E-state index is 0.0593. The van der Waals surface area contributed by atoms with E-state index in [1.165, 1.54) is 12.1 Å². The predicted octanol–water partition coefficient (Wildman–Crippen LogP) is 4.10. The van der Waals surface area contributed by atoms with Gasteiger partial charge >= 0.3 is 0 Å². The number of hydrogen-bond acceptors (Lipinski definition) is 3. The topological polar surface area (TPSA) is 71.8 Å². The number of nitro groups is 1. The number of imidazole rings is 1. The Morgan fingerprint density at radius 1 is 1.25 bits per heavy atom.